The van der Waals surface area contributed by atoms with Gasteiger partial charge in [-0.25, -0.2) is 0 Å². The molecule has 7 heteroatoms. The highest BCUT2D eigenvalue weighted by atomic mass is 19.4. The number of nitrogens with zero attached hydrogens (tertiary/aromatic N) is 1. The number of fused-ring (bicyclic) bond motifs is 1. The molecular formula is C16H18F3NO3. The van der Waals surface area contributed by atoms with Crippen molar-refractivity contribution in [2.75, 3.05) is 24.7 Å². The van der Waals surface area contributed by atoms with Crippen LogP contribution < -0.4 is 9.64 Å². The van der Waals surface area contributed by atoms with E-state index in [-0.39, 0.29) is 42.5 Å². The molecule has 126 valence electrons. The second-order valence-corrected chi connectivity index (χ2v) is 5.70. The summed E-state index contributed by atoms with van der Waals surface area (Å²) in [6, 6.07) is 3.78. The summed E-state index contributed by atoms with van der Waals surface area (Å²) in [5, 5.41) is 0. The minimum absolute atomic E-state index is 0.0518. The van der Waals surface area contributed by atoms with Crippen molar-refractivity contribution >= 4 is 11.6 Å². The summed E-state index contributed by atoms with van der Waals surface area (Å²) in [5.74, 6) is -0.745. The van der Waals surface area contributed by atoms with Crippen LogP contribution in [-0.4, -0.2) is 31.8 Å². The van der Waals surface area contributed by atoms with E-state index in [0.717, 1.165) is 6.07 Å². The lowest BCUT2D eigenvalue weighted by Crippen LogP contribution is -2.44. The number of hydrogen-bond acceptors (Lipinski definition) is 3. The van der Waals surface area contributed by atoms with Gasteiger partial charge in [-0.3, -0.25) is 4.79 Å². The fourth-order valence-electron chi connectivity index (χ4n) is 3.23. The molecule has 0 unspecified atom stereocenters. The van der Waals surface area contributed by atoms with Gasteiger partial charge in [-0.15, -0.1) is 0 Å². The number of hydrogen-bond donors (Lipinski definition) is 0. The highest BCUT2D eigenvalue weighted by Gasteiger charge is 2.41. The van der Waals surface area contributed by atoms with Gasteiger partial charge in [0.15, 0.2) is 5.75 Å². The number of para-hydroxylation sites is 1. The largest absolute Gasteiger partial charge is 0.489 e. The van der Waals surface area contributed by atoms with Crippen molar-refractivity contribution in [3.05, 3.63) is 23.8 Å². The van der Waals surface area contributed by atoms with Gasteiger partial charge in [0.05, 0.1) is 29.8 Å². The lowest BCUT2D eigenvalue weighted by atomic mass is 9.97. The van der Waals surface area contributed by atoms with Crippen molar-refractivity contribution < 1.29 is 27.4 Å². The Morgan fingerprint density at radius 1 is 1.35 bits per heavy atom. The average molecular weight is 329 g/mol. The van der Waals surface area contributed by atoms with Crippen LogP contribution in [0.25, 0.3) is 0 Å². The number of carbonyl (C=O) groups excluding carboxylic acids is 1. The normalized spacial score (nSPS) is 24.3. The van der Waals surface area contributed by atoms with Crippen molar-refractivity contribution in [2.24, 2.45) is 5.92 Å². The van der Waals surface area contributed by atoms with Crippen molar-refractivity contribution in [1.29, 1.82) is 0 Å². The van der Waals surface area contributed by atoms with Crippen LogP contribution >= 0.6 is 0 Å². The average Bonchev–Trinajstić information content (AvgIpc) is 3.00. The molecule has 0 bridgehead atoms. The number of halogens is 3. The Bertz CT molecular complexity index is 603. The van der Waals surface area contributed by atoms with E-state index in [9.17, 15) is 18.0 Å². The lowest BCUT2D eigenvalue weighted by molar-refractivity contribution is -0.139. The van der Waals surface area contributed by atoms with E-state index < -0.39 is 11.7 Å². The van der Waals surface area contributed by atoms with Crippen molar-refractivity contribution in [3.8, 4) is 5.75 Å². The van der Waals surface area contributed by atoms with E-state index in [4.69, 9.17) is 9.47 Å². The topological polar surface area (TPSA) is 38.8 Å². The predicted octanol–water partition coefficient (Wildman–Crippen LogP) is 3.25. The second-order valence-electron chi connectivity index (χ2n) is 5.70. The first-order valence-electron chi connectivity index (χ1n) is 7.69. The van der Waals surface area contributed by atoms with Crippen molar-refractivity contribution in [2.45, 2.75) is 32.0 Å². The Balaban J connectivity index is 1.94. The molecule has 23 heavy (non-hydrogen) atoms. The second kappa shape index (κ2) is 6.03. The lowest BCUT2D eigenvalue weighted by Gasteiger charge is -2.33. The van der Waals surface area contributed by atoms with E-state index >= 15 is 0 Å². The third-order valence-electron chi connectivity index (χ3n) is 4.35. The van der Waals surface area contributed by atoms with Gasteiger partial charge in [0, 0.05) is 6.61 Å². The molecule has 1 amide bonds. The van der Waals surface area contributed by atoms with Crippen LogP contribution in [0.15, 0.2) is 18.2 Å². The molecule has 0 radical (unpaired) electrons. The van der Waals surface area contributed by atoms with Crippen LogP contribution in [-0.2, 0) is 15.7 Å². The summed E-state index contributed by atoms with van der Waals surface area (Å²) < 4.78 is 50.1. The fourth-order valence-corrected chi connectivity index (χ4v) is 3.23. The number of alkyl halides is 3. The maximum absolute atomic E-state index is 13.1. The number of rotatable bonds is 2. The maximum atomic E-state index is 13.1. The quantitative estimate of drug-likeness (QED) is 0.836. The molecule has 1 aromatic rings. The molecule has 2 aliphatic heterocycles. The number of amides is 1. The Morgan fingerprint density at radius 3 is 2.83 bits per heavy atom. The van der Waals surface area contributed by atoms with Gasteiger partial charge in [-0.2, -0.15) is 13.2 Å². The molecule has 1 fully saturated rings. The predicted molar refractivity (Wildman–Crippen MR) is 77.4 cm³/mol. The van der Waals surface area contributed by atoms with Crippen LogP contribution in [0.4, 0.5) is 18.9 Å². The molecular weight excluding hydrogens is 311 g/mol. The van der Waals surface area contributed by atoms with Crippen LogP contribution in [0.3, 0.4) is 0 Å². The first-order valence-corrected chi connectivity index (χ1v) is 7.69. The van der Waals surface area contributed by atoms with Gasteiger partial charge in [-0.1, -0.05) is 13.0 Å². The summed E-state index contributed by atoms with van der Waals surface area (Å²) in [6.45, 7) is 2.75. The summed E-state index contributed by atoms with van der Waals surface area (Å²) in [4.78, 5) is 14.2. The maximum Gasteiger partial charge on any atom is 0.420 e. The number of anilines is 1. The van der Waals surface area contributed by atoms with Crippen molar-refractivity contribution in [1.82, 2.24) is 0 Å². The minimum atomic E-state index is -4.51. The van der Waals surface area contributed by atoms with E-state index in [0.29, 0.717) is 19.4 Å². The van der Waals surface area contributed by atoms with E-state index in [2.05, 4.69) is 0 Å². The van der Waals surface area contributed by atoms with Crippen LogP contribution in [0.2, 0.25) is 0 Å². The Morgan fingerprint density at radius 2 is 2.13 bits per heavy atom. The molecule has 2 atom stereocenters. The zero-order valence-corrected chi connectivity index (χ0v) is 12.7. The van der Waals surface area contributed by atoms with Crippen LogP contribution in [0.1, 0.15) is 25.3 Å². The molecule has 0 aliphatic carbocycles. The monoisotopic (exact) mass is 329 g/mol. The standard InChI is InChI=1S/C16H18F3NO3/c1-2-13-10(6-8-22-13)15(21)20-7-9-23-14-11(16(17,18)19)4-3-5-12(14)20/h3-5,10,13H,2,6-9H2,1H3/t10-,13+/m1/s1. The van der Waals surface area contributed by atoms with E-state index in [1.807, 2.05) is 6.92 Å². The van der Waals surface area contributed by atoms with Gasteiger partial charge in [0.1, 0.15) is 6.61 Å². The van der Waals surface area contributed by atoms with Gasteiger partial charge >= 0.3 is 6.18 Å². The third kappa shape index (κ3) is 2.89. The summed E-state index contributed by atoms with van der Waals surface area (Å²) in [5.41, 5.74) is -0.653. The third-order valence-corrected chi connectivity index (χ3v) is 4.35. The number of benzene rings is 1. The molecule has 0 saturated carbocycles. The molecule has 0 aromatic heterocycles. The summed E-state index contributed by atoms with van der Waals surface area (Å²) >= 11 is 0. The van der Waals surface area contributed by atoms with Gasteiger partial charge in [-0.05, 0) is 25.0 Å². The zero-order valence-electron chi connectivity index (χ0n) is 12.7. The molecule has 0 N–H and O–H groups in total. The smallest absolute Gasteiger partial charge is 0.420 e. The number of ether oxygens (including phenoxy) is 2. The molecule has 0 spiro atoms. The Hall–Kier alpha value is -1.76. The van der Waals surface area contributed by atoms with Gasteiger partial charge in [0.25, 0.3) is 0 Å². The highest BCUT2D eigenvalue weighted by molar-refractivity contribution is 5.97. The highest BCUT2D eigenvalue weighted by Crippen LogP contribution is 2.44. The van der Waals surface area contributed by atoms with E-state index in [1.54, 1.807) is 0 Å². The van der Waals surface area contributed by atoms with E-state index in [1.165, 1.54) is 17.0 Å². The summed E-state index contributed by atoms with van der Waals surface area (Å²) in [6.07, 6.45) is -3.38. The fraction of sp³-hybridized carbons (Fsp3) is 0.562. The molecule has 4 nitrogen and oxygen atoms in total. The zero-order chi connectivity index (χ0) is 16.6. The van der Waals surface area contributed by atoms with Crippen LogP contribution in [0, 0.1) is 5.92 Å². The van der Waals surface area contributed by atoms with Crippen LogP contribution in [0.5, 0.6) is 5.75 Å². The first kappa shape index (κ1) is 16.1. The molecule has 3 rings (SSSR count). The Kier molecular flexibility index (Phi) is 4.23. The first-order chi connectivity index (χ1) is 10.9. The number of carbonyl (C=O) groups is 1. The minimum Gasteiger partial charge on any atom is -0.489 e. The molecule has 1 aromatic carbocycles. The van der Waals surface area contributed by atoms with Gasteiger partial charge in [0.2, 0.25) is 5.91 Å². The molecule has 1 saturated heterocycles. The molecule has 2 heterocycles. The Labute approximate surface area is 132 Å². The van der Waals surface area contributed by atoms with Crippen molar-refractivity contribution in [3.63, 3.8) is 0 Å². The van der Waals surface area contributed by atoms with Gasteiger partial charge < -0.3 is 14.4 Å². The SMILES string of the molecule is CC[C@@H]1OCC[C@H]1C(=O)N1CCOc2c1cccc2C(F)(F)F. The summed E-state index contributed by atoms with van der Waals surface area (Å²) in [7, 11) is 0. The molecule has 2 aliphatic rings.